The fourth-order valence-corrected chi connectivity index (χ4v) is 2.38. The number of amides is 3. The van der Waals surface area contributed by atoms with Crippen LogP contribution in [-0.2, 0) is 0 Å². The summed E-state index contributed by atoms with van der Waals surface area (Å²) in [5, 5.41) is 4.79. The van der Waals surface area contributed by atoms with Crippen LogP contribution in [0.3, 0.4) is 0 Å². The fourth-order valence-electron chi connectivity index (χ4n) is 2.38. The Labute approximate surface area is 151 Å². The predicted molar refractivity (Wildman–Crippen MR) is 95.6 cm³/mol. The number of urea groups is 1. The molecule has 138 valence electrons. The van der Waals surface area contributed by atoms with Crippen LogP contribution in [0.2, 0.25) is 0 Å². The first-order valence-electron chi connectivity index (χ1n) is 7.60. The van der Waals surface area contributed by atoms with Crippen molar-refractivity contribution >= 4 is 17.6 Å². The molecular weight excluding hydrogens is 340 g/mol. The molecule has 0 heterocycles. The largest absolute Gasteiger partial charge is 0.496 e. The molecule has 0 bridgehead atoms. The maximum atomic E-state index is 12.5. The van der Waals surface area contributed by atoms with E-state index in [2.05, 4.69) is 10.6 Å². The molecule has 2 N–H and O–H groups in total. The summed E-state index contributed by atoms with van der Waals surface area (Å²) in [6, 6.07) is 9.12. The molecule has 0 saturated heterocycles. The van der Waals surface area contributed by atoms with Crippen molar-refractivity contribution in [3.05, 3.63) is 42.0 Å². The minimum atomic E-state index is -0.741. The topological polar surface area (TPSA) is 95.1 Å². The monoisotopic (exact) mass is 360 g/mol. The van der Waals surface area contributed by atoms with Crippen molar-refractivity contribution in [2.24, 2.45) is 0 Å². The normalized spacial score (nSPS) is 9.85. The van der Waals surface area contributed by atoms with Gasteiger partial charge in [-0.15, -0.1) is 0 Å². The summed E-state index contributed by atoms with van der Waals surface area (Å²) in [5.74, 6) is 0.691. The molecule has 8 heteroatoms. The molecule has 0 aliphatic rings. The van der Waals surface area contributed by atoms with Gasteiger partial charge in [-0.05, 0) is 24.3 Å². The van der Waals surface area contributed by atoms with Gasteiger partial charge < -0.3 is 24.3 Å². The second-order valence-electron chi connectivity index (χ2n) is 4.99. The molecule has 2 aromatic carbocycles. The van der Waals surface area contributed by atoms with Crippen molar-refractivity contribution in [1.82, 2.24) is 5.32 Å². The van der Waals surface area contributed by atoms with Crippen molar-refractivity contribution < 1.29 is 28.5 Å². The average molecular weight is 360 g/mol. The van der Waals surface area contributed by atoms with Crippen LogP contribution in [0.5, 0.6) is 23.0 Å². The van der Waals surface area contributed by atoms with E-state index >= 15 is 0 Å². The predicted octanol–water partition coefficient (Wildman–Crippen LogP) is 2.68. The highest BCUT2D eigenvalue weighted by Gasteiger charge is 2.21. The Hall–Kier alpha value is -3.42. The molecule has 0 saturated carbocycles. The molecule has 0 atom stereocenters. The highest BCUT2D eigenvalue weighted by atomic mass is 16.5. The number of hydrogen-bond donors (Lipinski definition) is 2. The third-order valence-corrected chi connectivity index (χ3v) is 3.53. The van der Waals surface area contributed by atoms with Crippen LogP contribution in [0.25, 0.3) is 0 Å². The van der Waals surface area contributed by atoms with Crippen molar-refractivity contribution in [2.45, 2.75) is 0 Å². The SMILES string of the molecule is COc1cccc(NC(=O)NC(=O)c2c(OC)cccc2OC)c1OC. The van der Waals surface area contributed by atoms with Gasteiger partial charge in [0.2, 0.25) is 0 Å². The molecule has 0 aliphatic carbocycles. The number of carbonyl (C=O) groups excluding carboxylic acids is 2. The number of para-hydroxylation sites is 1. The molecule has 3 amide bonds. The molecule has 0 fully saturated rings. The Morgan fingerprint density at radius 3 is 1.85 bits per heavy atom. The molecule has 26 heavy (non-hydrogen) atoms. The van der Waals surface area contributed by atoms with E-state index in [4.69, 9.17) is 18.9 Å². The first kappa shape index (κ1) is 18.9. The maximum absolute atomic E-state index is 12.5. The lowest BCUT2D eigenvalue weighted by molar-refractivity contribution is 0.0961. The van der Waals surface area contributed by atoms with E-state index < -0.39 is 11.9 Å². The number of hydrogen-bond acceptors (Lipinski definition) is 6. The molecular formula is C18H20N2O6. The number of methoxy groups -OCH3 is 4. The first-order chi connectivity index (χ1) is 12.5. The average Bonchev–Trinajstić information content (AvgIpc) is 2.66. The summed E-state index contributed by atoms with van der Waals surface area (Å²) in [7, 11) is 5.78. The van der Waals surface area contributed by atoms with Gasteiger partial charge in [-0.2, -0.15) is 0 Å². The smallest absolute Gasteiger partial charge is 0.326 e. The minimum Gasteiger partial charge on any atom is -0.496 e. The molecule has 0 aliphatic heterocycles. The van der Waals surface area contributed by atoms with Crippen molar-refractivity contribution in [3.63, 3.8) is 0 Å². The second-order valence-corrected chi connectivity index (χ2v) is 4.99. The zero-order valence-corrected chi connectivity index (χ0v) is 14.9. The standard InChI is InChI=1S/C18H20N2O6/c1-23-12-8-6-9-13(24-2)15(12)17(21)20-18(22)19-11-7-5-10-14(25-3)16(11)26-4/h5-10H,1-4H3,(H2,19,20,21,22). The minimum absolute atomic E-state index is 0.116. The van der Waals surface area contributed by atoms with E-state index in [0.717, 1.165) is 0 Å². The van der Waals surface area contributed by atoms with Crippen LogP contribution in [0.15, 0.2) is 36.4 Å². The number of rotatable bonds is 6. The number of benzene rings is 2. The third-order valence-electron chi connectivity index (χ3n) is 3.53. The summed E-state index contributed by atoms with van der Waals surface area (Å²) in [6.45, 7) is 0. The Balaban J connectivity index is 2.20. The zero-order chi connectivity index (χ0) is 19.1. The maximum Gasteiger partial charge on any atom is 0.326 e. The van der Waals surface area contributed by atoms with Crippen LogP contribution in [-0.4, -0.2) is 40.4 Å². The van der Waals surface area contributed by atoms with Gasteiger partial charge in [-0.3, -0.25) is 10.1 Å². The van der Waals surface area contributed by atoms with Crippen LogP contribution >= 0.6 is 0 Å². The van der Waals surface area contributed by atoms with Gasteiger partial charge in [-0.25, -0.2) is 4.79 Å². The summed E-state index contributed by atoms with van der Waals surface area (Å²) >= 11 is 0. The molecule has 8 nitrogen and oxygen atoms in total. The van der Waals surface area contributed by atoms with Gasteiger partial charge in [0.05, 0.1) is 34.1 Å². The first-order valence-corrected chi connectivity index (χ1v) is 7.60. The lowest BCUT2D eigenvalue weighted by Gasteiger charge is -2.15. The number of anilines is 1. The van der Waals surface area contributed by atoms with Gasteiger partial charge in [0.1, 0.15) is 17.1 Å². The Morgan fingerprint density at radius 1 is 0.769 bits per heavy atom. The fraction of sp³-hybridized carbons (Fsp3) is 0.222. The summed E-state index contributed by atoms with van der Waals surface area (Å²) in [6.07, 6.45) is 0. The number of imide groups is 1. The van der Waals surface area contributed by atoms with Crippen LogP contribution in [0, 0.1) is 0 Å². The third kappa shape index (κ3) is 3.97. The highest BCUT2D eigenvalue weighted by Crippen LogP contribution is 2.34. The Morgan fingerprint density at radius 2 is 1.31 bits per heavy atom. The van der Waals surface area contributed by atoms with E-state index in [0.29, 0.717) is 17.2 Å². The van der Waals surface area contributed by atoms with Gasteiger partial charge in [-0.1, -0.05) is 12.1 Å². The molecule has 2 rings (SSSR count). The van der Waals surface area contributed by atoms with Crippen molar-refractivity contribution in [2.75, 3.05) is 33.8 Å². The van der Waals surface area contributed by atoms with Gasteiger partial charge in [0, 0.05) is 0 Å². The summed E-state index contributed by atoms with van der Waals surface area (Å²) in [5.41, 5.74) is 0.467. The molecule has 0 aromatic heterocycles. The van der Waals surface area contributed by atoms with E-state index in [-0.39, 0.29) is 17.1 Å². The Kier molecular flexibility index (Phi) is 6.26. The quantitative estimate of drug-likeness (QED) is 0.822. The molecule has 0 spiro atoms. The van der Waals surface area contributed by atoms with Crippen LogP contribution < -0.4 is 29.6 Å². The van der Waals surface area contributed by atoms with Crippen molar-refractivity contribution in [3.8, 4) is 23.0 Å². The number of ether oxygens (including phenoxy) is 4. The van der Waals surface area contributed by atoms with Gasteiger partial charge in [0.25, 0.3) is 5.91 Å². The van der Waals surface area contributed by atoms with Crippen LogP contribution in [0.4, 0.5) is 10.5 Å². The molecule has 0 radical (unpaired) electrons. The summed E-state index contributed by atoms with van der Waals surface area (Å²) in [4.78, 5) is 24.7. The van der Waals surface area contributed by atoms with E-state index in [1.807, 2.05) is 0 Å². The van der Waals surface area contributed by atoms with Crippen LogP contribution in [0.1, 0.15) is 10.4 Å². The van der Waals surface area contributed by atoms with E-state index in [9.17, 15) is 9.59 Å². The zero-order valence-electron chi connectivity index (χ0n) is 14.9. The Bertz CT molecular complexity index is 784. The number of carbonyl (C=O) groups is 2. The van der Waals surface area contributed by atoms with Gasteiger partial charge in [0.15, 0.2) is 11.5 Å². The second kappa shape index (κ2) is 8.61. The van der Waals surface area contributed by atoms with E-state index in [1.165, 1.54) is 28.4 Å². The van der Waals surface area contributed by atoms with Crippen molar-refractivity contribution in [1.29, 1.82) is 0 Å². The highest BCUT2D eigenvalue weighted by molar-refractivity contribution is 6.10. The number of nitrogens with one attached hydrogen (secondary N) is 2. The molecule has 2 aromatic rings. The van der Waals surface area contributed by atoms with Gasteiger partial charge >= 0.3 is 6.03 Å². The molecule has 0 unspecified atom stereocenters. The lowest BCUT2D eigenvalue weighted by atomic mass is 10.1. The summed E-state index contributed by atoms with van der Waals surface area (Å²) < 4.78 is 20.7. The van der Waals surface area contributed by atoms with E-state index in [1.54, 1.807) is 36.4 Å². The lowest BCUT2D eigenvalue weighted by Crippen LogP contribution is -2.34.